The molecule has 0 spiro atoms. The van der Waals surface area contributed by atoms with E-state index < -0.39 is 0 Å². The van der Waals surface area contributed by atoms with Crippen molar-refractivity contribution in [3.63, 3.8) is 0 Å². The van der Waals surface area contributed by atoms with Crippen molar-refractivity contribution >= 4 is 17.4 Å². The normalized spacial score (nSPS) is 10.1. The number of benzene rings is 1. The van der Waals surface area contributed by atoms with E-state index in [1.165, 1.54) is 11.8 Å². The van der Waals surface area contributed by atoms with Crippen LogP contribution in [0.15, 0.2) is 39.0 Å². The molecule has 2 N–H and O–H groups in total. The summed E-state index contributed by atoms with van der Waals surface area (Å²) < 4.78 is 5.25. The molecule has 0 saturated heterocycles. The van der Waals surface area contributed by atoms with Crippen molar-refractivity contribution in [2.24, 2.45) is 0 Å². The highest BCUT2D eigenvalue weighted by atomic mass is 32.2. The summed E-state index contributed by atoms with van der Waals surface area (Å²) in [6.07, 6.45) is 1.92. The van der Waals surface area contributed by atoms with E-state index in [1.807, 2.05) is 19.1 Å². The second-order valence-corrected chi connectivity index (χ2v) is 4.58. The molecule has 0 fully saturated rings. The Morgan fingerprint density at radius 1 is 1.53 bits per heavy atom. The van der Waals surface area contributed by atoms with Crippen LogP contribution < -0.4 is 5.73 Å². The number of aromatic nitrogens is 1. The van der Waals surface area contributed by atoms with Crippen LogP contribution in [0.5, 0.6) is 0 Å². The first kappa shape index (κ1) is 11.6. The van der Waals surface area contributed by atoms with Crippen molar-refractivity contribution in [1.29, 1.82) is 5.26 Å². The third kappa shape index (κ3) is 2.80. The molecule has 1 aromatic carbocycles. The van der Waals surface area contributed by atoms with Gasteiger partial charge in [-0.3, -0.25) is 0 Å². The minimum Gasteiger partial charge on any atom is -0.439 e. The van der Waals surface area contributed by atoms with Gasteiger partial charge in [-0.2, -0.15) is 5.26 Å². The van der Waals surface area contributed by atoms with Gasteiger partial charge >= 0.3 is 0 Å². The topological polar surface area (TPSA) is 75.8 Å². The molecule has 0 aliphatic rings. The van der Waals surface area contributed by atoms with E-state index in [1.54, 1.807) is 12.3 Å². The van der Waals surface area contributed by atoms with Crippen LogP contribution in [0.2, 0.25) is 0 Å². The number of aryl methyl sites for hydroxylation is 1. The molecule has 1 heterocycles. The number of hydrogen-bond acceptors (Lipinski definition) is 5. The van der Waals surface area contributed by atoms with Gasteiger partial charge in [-0.05, 0) is 42.4 Å². The summed E-state index contributed by atoms with van der Waals surface area (Å²) in [6.45, 7) is 1.87. The van der Waals surface area contributed by atoms with Crippen molar-refractivity contribution in [3.05, 3.63) is 35.7 Å². The van der Waals surface area contributed by atoms with Crippen LogP contribution in [0.4, 0.5) is 5.69 Å². The van der Waals surface area contributed by atoms with Crippen LogP contribution in [-0.2, 0) is 6.42 Å². The molecule has 0 saturated carbocycles. The molecule has 4 nitrogen and oxygen atoms in total. The van der Waals surface area contributed by atoms with Crippen molar-refractivity contribution in [1.82, 2.24) is 4.98 Å². The van der Waals surface area contributed by atoms with E-state index >= 15 is 0 Å². The predicted octanol–water partition coefficient (Wildman–Crippen LogP) is 2.78. The molecule has 17 heavy (non-hydrogen) atoms. The highest BCUT2D eigenvalue weighted by Crippen LogP contribution is 2.29. The van der Waals surface area contributed by atoms with Gasteiger partial charge in [0.05, 0.1) is 18.2 Å². The van der Waals surface area contributed by atoms with E-state index in [2.05, 4.69) is 11.1 Å². The van der Waals surface area contributed by atoms with Crippen LogP contribution in [-0.4, -0.2) is 4.98 Å². The minimum absolute atomic E-state index is 0.310. The van der Waals surface area contributed by atoms with E-state index in [0.717, 1.165) is 16.2 Å². The lowest BCUT2D eigenvalue weighted by Crippen LogP contribution is -1.93. The highest BCUT2D eigenvalue weighted by Gasteiger charge is 2.06. The first-order valence-electron chi connectivity index (χ1n) is 5.04. The zero-order chi connectivity index (χ0) is 12.3. The Labute approximate surface area is 103 Å². The summed E-state index contributed by atoms with van der Waals surface area (Å²) in [5, 5.41) is 9.28. The smallest absolute Gasteiger partial charge is 0.260 e. The maximum Gasteiger partial charge on any atom is 0.260 e. The Kier molecular flexibility index (Phi) is 3.35. The van der Waals surface area contributed by atoms with E-state index in [0.29, 0.717) is 17.3 Å². The van der Waals surface area contributed by atoms with Gasteiger partial charge in [0.15, 0.2) is 0 Å². The van der Waals surface area contributed by atoms with E-state index in [4.69, 9.17) is 15.4 Å². The molecule has 0 amide bonds. The number of anilines is 1. The van der Waals surface area contributed by atoms with Crippen molar-refractivity contribution in [2.45, 2.75) is 23.5 Å². The largest absolute Gasteiger partial charge is 0.439 e. The number of nitrogens with zero attached hydrogens (tertiary/aromatic N) is 2. The molecule has 0 radical (unpaired) electrons. The van der Waals surface area contributed by atoms with Gasteiger partial charge in [-0.25, -0.2) is 4.98 Å². The monoisotopic (exact) mass is 245 g/mol. The maximum atomic E-state index is 8.68. The Hall–Kier alpha value is -1.93. The van der Waals surface area contributed by atoms with Gasteiger partial charge in [0.1, 0.15) is 6.26 Å². The second kappa shape index (κ2) is 4.93. The third-order valence-electron chi connectivity index (χ3n) is 2.19. The number of nitriles is 1. The number of oxazole rings is 1. The molecule has 5 heteroatoms. The lowest BCUT2D eigenvalue weighted by Gasteiger charge is -2.03. The fourth-order valence-corrected chi connectivity index (χ4v) is 2.19. The van der Waals surface area contributed by atoms with Crippen LogP contribution in [0.1, 0.15) is 11.3 Å². The van der Waals surface area contributed by atoms with Gasteiger partial charge in [0, 0.05) is 10.6 Å². The van der Waals surface area contributed by atoms with Gasteiger partial charge in [0.2, 0.25) is 0 Å². The van der Waals surface area contributed by atoms with Crippen LogP contribution in [0.25, 0.3) is 0 Å². The Morgan fingerprint density at radius 3 is 3.00 bits per heavy atom. The lowest BCUT2D eigenvalue weighted by atomic mass is 10.1. The molecule has 2 rings (SSSR count). The van der Waals surface area contributed by atoms with E-state index in [-0.39, 0.29) is 0 Å². The fraction of sp³-hybridized carbons (Fsp3) is 0.167. The van der Waals surface area contributed by atoms with Crippen LogP contribution in [0, 0.1) is 18.3 Å². The van der Waals surface area contributed by atoms with Gasteiger partial charge < -0.3 is 10.2 Å². The number of nitrogens with two attached hydrogens (primary N) is 1. The molecule has 86 valence electrons. The van der Waals surface area contributed by atoms with Gasteiger partial charge in [-0.15, -0.1) is 0 Å². The Morgan fingerprint density at radius 2 is 2.35 bits per heavy atom. The molecule has 1 aromatic heterocycles. The molecule has 0 aliphatic carbocycles. The number of nitrogen functional groups attached to an aromatic ring is 1. The van der Waals surface area contributed by atoms with E-state index in [9.17, 15) is 0 Å². The van der Waals surface area contributed by atoms with Gasteiger partial charge in [-0.1, -0.05) is 0 Å². The van der Waals surface area contributed by atoms with Crippen molar-refractivity contribution < 1.29 is 4.42 Å². The van der Waals surface area contributed by atoms with Gasteiger partial charge in [0.25, 0.3) is 5.22 Å². The summed E-state index contributed by atoms with van der Waals surface area (Å²) >= 11 is 1.41. The zero-order valence-corrected chi connectivity index (χ0v) is 10.1. The highest BCUT2D eigenvalue weighted by molar-refractivity contribution is 7.99. The molecular weight excluding hydrogens is 234 g/mol. The Bertz CT molecular complexity index is 571. The quantitative estimate of drug-likeness (QED) is 0.841. The first-order valence-corrected chi connectivity index (χ1v) is 5.86. The lowest BCUT2D eigenvalue weighted by molar-refractivity contribution is 0.454. The predicted molar refractivity (Wildman–Crippen MR) is 65.5 cm³/mol. The minimum atomic E-state index is 0.310. The second-order valence-electron chi connectivity index (χ2n) is 3.55. The average Bonchev–Trinajstić information content (AvgIpc) is 2.69. The fourth-order valence-electron chi connectivity index (χ4n) is 1.36. The molecule has 0 unspecified atom stereocenters. The average molecular weight is 245 g/mol. The van der Waals surface area contributed by atoms with Crippen LogP contribution in [0.3, 0.4) is 0 Å². The van der Waals surface area contributed by atoms with Crippen molar-refractivity contribution in [2.75, 3.05) is 5.73 Å². The molecule has 0 atom stereocenters. The SMILES string of the molecule is Cc1coc(Sc2ccc(N)c(CC#N)c2)n1. The maximum absolute atomic E-state index is 8.68. The summed E-state index contributed by atoms with van der Waals surface area (Å²) in [7, 11) is 0. The first-order chi connectivity index (χ1) is 8.19. The Balaban J connectivity index is 2.22. The third-order valence-corrected chi connectivity index (χ3v) is 3.04. The number of rotatable bonds is 3. The van der Waals surface area contributed by atoms with Crippen molar-refractivity contribution in [3.8, 4) is 6.07 Å². The van der Waals surface area contributed by atoms with Crippen LogP contribution >= 0.6 is 11.8 Å². The summed E-state index contributed by atoms with van der Waals surface area (Å²) in [4.78, 5) is 5.17. The molecule has 0 aliphatic heterocycles. The summed E-state index contributed by atoms with van der Waals surface area (Å²) in [5.74, 6) is 0. The molecular formula is C12H11N3OS. The number of hydrogen-bond donors (Lipinski definition) is 1. The zero-order valence-electron chi connectivity index (χ0n) is 9.30. The molecule has 0 bridgehead atoms. The standard InChI is InChI=1S/C12H11N3OS/c1-8-7-16-12(15-8)17-10-2-3-11(14)9(6-10)4-5-13/h2-3,6-7H,4,14H2,1H3. The summed E-state index contributed by atoms with van der Waals surface area (Å²) in [5.41, 5.74) is 8.09. The molecule has 2 aromatic rings. The summed E-state index contributed by atoms with van der Waals surface area (Å²) in [6, 6.07) is 7.67.